The first-order chi connectivity index (χ1) is 6.07. The summed E-state index contributed by atoms with van der Waals surface area (Å²) >= 11 is 0. The van der Waals surface area contributed by atoms with Crippen molar-refractivity contribution in [1.82, 2.24) is 0 Å². The molecule has 2 N–H and O–H groups in total. The maximum atomic E-state index is 6.28. The fourth-order valence-electron chi connectivity index (χ4n) is 4.03. The molecule has 2 aliphatic rings. The maximum Gasteiger partial charge on any atom is 0.0162 e. The number of nitrogens with two attached hydrogens (primary N) is 1. The second kappa shape index (κ2) is 2.73. The topological polar surface area (TPSA) is 26.0 Å². The second-order valence-electron chi connectivity index (χ2n) is 5.59. The van der Waals surface area contributed by atoms with Gasteiger partial charge in [0.1, 0.15) is 0 Å². The molecule has 2 aliphatic carbocycles. The summed E-state index contributed by atoms with van der Waals surface area (Å²) in [5.41, 5.74) is 7.23. The zero-order valence-electron chi connectivity index (χ0n) is 9.27. The lowest BCUT2D eigenvalue weighted by Crippen LogP contribution is -2.27. The third kappa shape index (κ3) is 0.971. The highest BCUT2D eigenvalue weighted by Crippen LogP contribution is 2.71. The molecule has 76 valence electrons. The van der Waals surface area contributed by atoms with E-state index in [-0.39, 0.29) is 0 Å². The second-order valence-corrected chi connectivity index (χ2v) is 5.59. The summed E-state index contributed by atoms with van der Waals surface area (Å²) in [4.78, 5) is 0. The van der Waals surface area contributed by atoms with E-state index in [9.17, 15) is 0 Å². The molecule has 1 spiro atoms. The first-order valence-electron chi connectivity index (χ1n) is 5.83. The molecule has 3 unspecified atom stereocenters. The molecule has 2 saturated carbocycles. The van der Waals surface area contributed by atoms with E-state index in [0.717, 1.165) is 5.92 Å². The normalized spacial score (nSPS) is 48.0. The Bertz CT molecular complexity index is 209. The molecule has 0 aromatic carbocycles. The van der Waals surface area contributed by atoms with E-state index in [1.54, 1.807) is 0 Å². The van der Waals surface area contributed by atoms with Gasteiger partial charge in [0.05, 0.1) is 0 Å². The molecule has 0 bridgehead atoms. The third-order valence-corrected chi connectivity index (χ3v) is 5.06. The standard InChI is InChI=1S/C12H23N/c1-4-9-7-5-6-8-12(9)10(13)11(12,2)3/h9-10H,4-8,13H2,1-3H3. The molecule has 0 aliphatic heterocycles. The van der Waals surface area contributed by atoms with Crippen LogP contribution >= 0.6 is 0 Å². The summed E-state index contributed by atoms with van der Waals surface area (Å²) in [7, 11) is 0. The Hall–Kier alpha value is -0.0400. The van der Waals surface area contributed by atoms with E-state index < -0.39 is 0 Å². The average Bonchev–Trinajstić information content (AvgIpc) is 2.53. The van der Waals surface area contributed by atoms with Crippen molar-refractivity contribution < 1.29 is 0 Å². The van der Waals surface area contributed by atoms with Crippen LogP contribution in [0.25, 0.3) is 0 Å². The monoisotopic (exact) mass is 181 g/mol. The fourth-order valence-corrected chi connectivity index (χ4v) is 4.03. The van der Waals surface area contributed by atoms with Gasteiger partial charge in [-0.15, -0.1) is 0 Å². The van der Waals surface area contributed by atoms with E-state index in [2.05, 4.69) is 20.8 Å². The lowest BCUT2D eigenvalue weighted by atomic mass is 9.71. The number of hydrogen-bond acceptors (Lipinski definition) is 1. The first-order valence-corrected chi connectivity index (χ1v) is 5.83. The third-order valence-electron chi connectivity index (χ3n) is 5.06. The Labute approximate surface area is 82.1 Å². The van der Waals surface area contributed by atoms with Crippen LogP contribution < -0.4 is 5.73 Å². The van der Waals surface area contributed by atoms with Gasteiger partial charge in [-0.3, -0.25) is 0 Å². The zero-order valence-corrected chi connectivity index (χ0v) is 9.27. The van der Waals surface area contributed by atoms with Gasteiger partial charge in [-0.05, 0) is 29.6 Å². The molecule has 3 atom stereocenters. The van der Waals surface area contributed by atoms with Crippen LogP contribution in [-0.4, -0.2) is 6.04 Å². The minimum atomic E-state index is 0.425. The van der Waals surface area contributed by atoms with E-state index >= 15 is 0 Å². The molecule has 0 heterocycles. The highest BCUT2D eigenvalue weighted by Gasteiger charge is 2.71. The molecule has 2 rings (SSSR count). The van der Waals surface area contributed by atoms with Crippen molar-refractivity contribution in [2.75, 3.05) is 0 Å². The van der Waals surface area contributed by atoms with Gasteiger partial charge >= 0.3 is 0 Å². The largest absolute Gasteiger partial charge is 0.327 e. The van der Waals surface area contributed by atoms with E-state index in [0.29, 0.717) is 16.9 Å². The minimum Gasteiger partial charge on any atom is -0.327 e. The number of hydrogen-bond donors (Lipinski definition) is 1. The van der Waals surface area contributed by atoms with Crippen molar-refractivity contribution in [2.24, 2.45) is 22.5 Å². The van der Waals surface area contributed by atoms with Gasteiger partial charge in [-0.1, -0.05) is 40.0 Å². The molecule has 0 aromatic heterocycles. The Morgan fingerprint density at radius 1 is 1.31 bits per heavy atom. The SMILES string of the molecule is CCC1CCCCC12C(N)C2(C)C. The van der Waals surface area contributed by atoms with Crippen LogP contribution in [0.4, 0.5) is 0 Å². The molecule has 0 amide bonds. The summed E-state index contributed by atoms with van der Waals surface area (Å²) in [6.07, 6.45) is 6.99. The summed E-state index contributed by atoms with van der Waals surface area (Å²) < 4.78 is 0. The summed E-state index contributed by atoms with van der Waals surface area (Å²) in [6.45, 7) is 7.07. The van der Waals surface area contributed by atoms with E-state index in [4.69, 9.17) is 5.73 Å². The summed E-state index contributed by atoms with van der Waals surface area (Å²) in [5.74, 6) is 0.909. The van der Waals surface area contributed by atoms with Gasteiger partial charge in [-0.25, -0.2) is 0 Å². The highest BCUT2D eigenvalue weighted by atomic mass is 14.9. The van der Waals surface area contributed by atoms with Gasteiger partial charge in [0.15, 0.2) is 0 Å². The molecule has 2 fully saturated rings. The lowest BCUT2D eigenvalue weighted by molar-refractivity contribution is 0.159. The van der Waals surface area contributed by atoms with Crippen LogP contribution in [0, 0.1) is 16.7 Å². The summed E-state index contributed by atoms with van der Waals surface area (Å²) in [5, 5.41) is 0. The van der Waals surface area contributed by atoms with Crippen molar-refractivity contribution in [3.63, 3.8) is 0 Å². The quantitative estimate of drug-likeness (QED) is 0.661. The average molecular weight is 181 g/mol. The van der Waals surface area contributed by atoms with Crippen molar-refractivity contribution >= 4 is 0 Å². The van der Waals surface area contributed by atoms with Crippen LogP contribution in [0.2, 0.25) is 0 Å². The zero-order chi connectivity index (χ0) is 9.69. The van der Waals surface area contributed by atoms with Gasteiger partial charge in [-0.2, -0.15) is 0 Å². The van der Waals surface area contributed by atoms with Crippen LogP contribution in [0.1, 0.15) is 52.9 Å². The van der Waals surface area contributed by atoms with Crippen molar-refractivity contribution in [1.29, 1.82) is 0 Å². The molecule has 1 heteroatoms. The molecule has 0 aromatic rings. The smallest absolute Gasteiger partial charge is 0.0162 e. The van der Waals surface area contributed by atoms with Crippen LogP contribution in [0.3, 0.4) is 0 Å². The van der Waals surface area contributed by atoms with Gasteiger partial charge in [0.2, 0.25) is 0 Å². The molecular weight excluding hydrogens is 158 g/mol. The van der Waals surface area contributed by atoms with Crippen LogP contribution in [0.5, 0.6) is 0 Å². The fraction of sp³-hybridized carbons (Fsp3) is 1.00. The molecule has 0 radical (unpaired) electrons. The Kier molecular flexibility index (Phi) is 1.99. The van der Waals surface area contributed by atoms with Crippen molar-refractivity contribution in [3.05, 3.63) is 0 Å². The Balaban J connectivity index is 2.21. The van der Waals surface area contributed by atoms with Crippen LogP contribution in [-0.2, 0) is 0 Å². The molecular formula is C12H23N. The summed E-state index contributed by atoms with van der Waals surface area (Å²) in [6, 6.07) is 0.477. The molecule has 1 nitrogen and oxygen atoms in total. The first kappa shape index (κ1) is 9.51. The van der Waals surface area contributed by atoms with E-state index in [1.807, 2.05) is 0 Å². The maximum absolute atomic E-state index is 6.28. The Morgan fingerprint density at radius 3 is 2.31 bits per heavy atom. The van der Waals surface area contributed by atoms with Gasteiger partial charge in [0.25, 0.3) is 0 Å². The van der Waals surface area contributed by atoms with Gasteiger partial charge in [0, 0.05) is 6.04 Å². The minimum absolute atomic E-state index is 0.425. The van der Waals surface area contributed by atoms with Crippen LogP contribution in [0.15, 0.2) is 0 Å². The predicted molar refractivity (Wildman–Crippen MR) is 56.4 cm³/mol. The molecule has 13 heavy (non-hydrogen) atoms. The lowest BCUT2D eigenvalue weighted by Gasteiger charge is -2.34. The van der Waals surface area contributed by atoms with Crippen molar-refractivity contribution in [3.8, 4) is 0 Å². The molecule has 0 saturated heterocycles. The Morgan fingerprint density at radius 2 is 1.92 bits per heavy atom. The predicted octanol–water partition coefficient (Wildman–Crippen LogP) is 2.94. The number of rotatable bonds is 1. The highest BCUT2D eigenvalue weighted by molar-refractivity contribution is 5.23. The van der Waals surface area contributed by atoms with Crippen molar-refractivity contribution in [2.45, 2.75) is 58.9 Å². The van der Waals surface area contributed by atoms with E-state index in [1.165, 1.54) is 32.1 Å². The van der Waals surface area contributed by atoms with Gasteiger partial charge < -0.3 is 5.73 Å².